The van der Waals surface area contributed by atoms with Gasteiger partial charge in [0.2, 0.25) is 0 Å². The van der Waals surface area contributed by atoms with Crippen molar-refractivity contribution in [2.75, 3.05) is 0 Å². The van der Waals surface area contributed by atoms with Crippen molar-refractivity contribution in [2.45, 2.75) is 4.90 Å². The Labute approximate surface area is 71.9 Å². The van der Waals surface area contributed by atoms with Gasteiger partial charge in [0.15, 0.2) is 0 Å². The van der Waals surface area contributed by atoms with Crippen molar-refractivity contribution >= 4 is 31.1 Å². The second-order valence-corrected chi connectivity index (χ2v) is 2.56. The van der Waals surface area contributed by atoms with Crippen LogP contribution in [0.15, 0.2) is 34.7 Å². The average Bonchev–Trinajstić information content (AvgIpc) is 2.04. The number of rotatable bonds is 2. The Morgan fingerprint density at radius 1 is 1.45 bits per heavy atom. The van der Waals surface area contributed by atoms with Crippen molar-refractivity contribution in [3.8, 4) is 0 Å². The molecule has 0 aliphatic heterocycles. The van der Waals surface area contributed by atoms with Crippen molar-refractivity contribution in [2.24, 2.45) is 4.99 Å². The maximum Gasteiger partial charge on any atom is 0.0827 e. The Morgan fingerprint density at radius 2 is 2.18 bits per heavy atom. The summed E-state index contributed by atoms with van der Waals surface area (Å²) in [6, 6.07) is 5.71. The standard InChI is InChI=1S/C9H9NS/c1-3-7-5-4-6-8(11)9(7)10-2/h3-6,11H,1-2H2. The Hall–Kier alpha value is -1.02. The van der Waals surface area contributed by atoms with Crippen molar-refractivity contribution in [3.63, 3.8) is 0 Å². The molecule has 0 fully saturated rings. The van der Waals surface area contributed by atoms with E-state index in [1.54, 1.807) is 6.08 Å². The lowest BCUT2D eigenvalue weighted by molar-refractivity contribution is 1.38. The first-order chi connectivity index (χ1) is 5.29. The number of benzene rings is 1. The highest BCUT2D eigenvalue weighted by molar-refractivity contribution is 7.80. The van der Waals surface area contributed by atoms with Crippen LogP contribution in [0.4, 0.5) is 5.69 Å². The first-order valence-electron chi connectivity index (χ1n) is 3.20. The molecule has 0 N–H and O–H groups in total. The van der Waals surface area contributed by atoms with Gasteiger partial charge in [-0.2, -0.15) is 0 Å². The molecule has 0 saturated heterocycles. The molecule has 56 valence electrons. The predicted molar refractivity (Wildman–Crippen MR) is 53.0 cm³/mol. The van der Waals surface area contributed by atoms with Crippen LogP contribution in [-0.4, -0.2) is 6.72 Å². The smallest absolute Gasteiger partial charge is 0.0827 e. The summed E-state index contributed by atoms with van der Waals surface area (Å²) in [7, 11) is 0. The van der Waals surface area contributed by atoms with Crippen LogP contribution in [0.5, 0.6) is 0 Å². The van der Waals surface area contributed by atoms with Crippen molar-refractivity contribution in [1.29, 1.82) is 0 Å². The van der Waals surface area contributed by atoms with Crippen LogP contribution in [0.2, 0.25) is 0 Å². The Morgan fingerprint density at radius 3 is 2.64 bits per heavy atom. The number of nitrogens with zero attached hydrogens (tertiary/aromatic N) is 1. The molecule has 0 unspecified atom stereocenters. The summed E-state index contributed by atoms with van der Waals surface area (Å²) in [4.78, 5) is 4.67. The van der Waals surface area contributed by atoms with Crippen LogP contribution < -0.4 is 0 Å². The average molecular weight is 163 g/mol. The first kappa shape index (κ1) is 8.08. The van der Waals surface area contributed by atoms with Gasteiger partial charge in [0.05, 0.1) is 5.69 Å². The van der Waals surface area contributed by atoms with Gasteiger partial charge in [-0.05, 0) is 12.8 Å². The topological polar surface area (TPSA) is 12.4 Å². The van der Waals surface area contributed by atoms with Crippen molar-refractivity contribution in [1.82, 2.24) is 0 Å². The van der Waals surface area contributed by atoms with Gasteiger partial charge in [0, 0.05) is 10.5 Å². The quantitative estimate of drug-likeness (QED) is 0.508. The van der Waals surface area contributed by atoms with Gasteiger partial charge in [0.25, 0.3) is 0 Å². The van der Waals surface area contributed by atoms with Gasteiger partial charge in [-0.15, -0.1) is 12.6 Å². The molecule has 1 aromatic carbocycles. The molecule has 1 rings (SSSR count). The molecule has 0 aromatic heterocycles. The molecule has 1 nitrogen and oxygen atoms in total. The van der Waals surface area contributed by atoms with E-state index < -0.39 is 0 Å². The number of aliphatic imine (C=N–C) groups is 1. The molecule has 0 spiro atoms. The fourth-order valence-electron chi connectivity index (χ4n) is 0.886. The third-order valence-electron chi connectivity index (χ3n) is 1.42. The van der Waals surface area contributed by atoms with Gasteiger partial charge >= 0.3 is 0 Å². The van der Waals surface area contributed by atoms with E-state index in [1.807, 2.05) is 18.2 Å². The van der Waals surface area contributed by atoms with Gasteiger partial charge in [-0.1, -0.05) is 24.8 Å². The number of thiol groups is 1. The zero-order valence-corrected chi connectivity index (χ0v) is 7.01. The molecule has 2 heteroatoms. The van der Waals surface area contributed by atoms with Gasteiger partial charge in [0.1, 0.15) is 0 Å². The molecule has 11 heavy (non-hydrogen) atoms. The highest BCUT2D eigenvalue weighted by Gasteiger charge is 1.98. The molecule has 0 bridgehead atoms. The Kier molecular flexibility index (Phi) is 2.49. The van der Waals surface area contributed by atoms with Gasteiger partial charge in [-0.25, -0.2) is 0 Å². The molecule has 0 heterocycles. The third kappa shape index (κ3) is 1.52. The highest BCUT2D eigenvalue weighted by atomic mass is 32.1. The Balaban J connectivity index is 3.35. The lowest BCUT2D eigenvalue weighted by Crippen LogP contribution is -1.74. The molecule has 0 aliphatic carbocycles. The second-order valence-electron chi connectivity index (χ2n) is 2.08. The van der Waals surface area contributed by atoms with Gasteiger partial charge < -0.3 is 0 Å². The van der Waals surface area contributed by atoms with Crippen molar-refractivity contribution in [3.05, 3.63) is 30.3 Å². The SMILES string of the molecule is C=Cc1cccc(S)c1N=C. The zero-order valence-electron chi connectivity index (χ0n) is 6.12. The summed E-state index contributed by atoms with van der Waals surface area (Å²) in [5.41, 5.74) is 1.76. The van der Waals surface area contributed by atoms with E-state index >= 15 is 0 Å². The van der Waals surface area contributed by atoms with Crippen LogP contribution >= 0.6 is 12.6 Å². The maximum atomic E-state index is 4.22. The van der Waals surface area contributed by atoms with E-state index in [2.05, 4.69) is 30.9 Å². The van der Waals surface area contributed by atoms with E-state index in [0.29, 0.717) is 0 Å². The number of hydrogen-bond donors (Lipinski definition) is 1. The molecular weight excluding hydrogens is 154 g/mol. The van der Waals surface area contributed by atoms with E-state index in [4.69, 9.17) is 0 Å². The summed E-state index contributed by atoms with van der Waals surface area (Å²) >= 11 is 4.22. The predicted octanol–water partition coefficient (Wildman–Crippen LogP) is 2.95. The van der Waals surface area contributed by atoms with Gasteiger partial charge in [-0.3, -0.25) is 4.99 Å². The molecule has 0 saturated carbocycles. The minimum atomic E-state index is 0.797. The normalized spacial score (nSPS) is 9.18. The van der Waals surface area contributed by atoms with Crippen LogP contribution in [0.1, 0.15) is 5.56 Å². The number of para-hydroxylation sites is 1. The largest absolute Gasteiger partial charge is 0.263 e. The summed E-state index contributed by atoms with van der Waals surface area (Å²) in [5, 5.41) is 0. The molecule has 0 radical (unpaired) electrons. The number of hydrogen-bond acceptors (Lipinski definition) is 2. The lowest BCUT2D eigenvalue weighted by Gasteiger charge is -2.01. The molecule has 0 amide bonds. The van der Waals surface area contributed by atoms with Crippen LogP contribution in [0, 0.1) is 0 Å². The minimum absolute atomic E-state index is 0.797. The molecule has 1 aromatic rings. The zero-order chi connectivity index (χ0) is 8.27. The summed E-state index contributed by atoms with van der Waals surface area (Å²) < 4.78 is 0. The monoisotopic (exact) mass is 163 g/mol. The fraction of sp³-hybridized carbons (Fsp3) is 0. The third-order valence-corrected chi connectivity index (χ3v) is 1.78. The minimum Gasteiger partial charge on any atom is -0.263 e. The molecule has 0 atom stereocenters. The summed E-state index contributed by atoms with van der Waals surface area (Å²) in [6.07, 6.45) is 1.74. The molecule has 0 aliphatic rings. The fourth-order valence-corrected chi connectivity index (χ4v) is 1.17. The van der Waals surface area contributed by atoms with Crippen molar-refractivity contribution < 1.29 is 0 Å². The van der Waals surface area contributed by atoms with E-state index in [-0.39, 0.29) is 0 Å². The lowest BCUT2D eigenvalue weighted by atomic mass is 10.2. The molecular formula is C9H9NS. The van der Waals surface area contributed by atoms with Crippen LogP contribution in [0.3, 0.4) is 0 Å². The first-order valence-corrected chi connectivity index (χ1v) is 3.65. The van der Waals surface area contributed by atoms with E-state index in [0.717, 1.165) is 16.1 Å². The summed E-state index contributed by atoms with van der Waals surface area (Å²) in [5.74, 6) is 0. The Bertz CT molecular complexity index is 292. The van der Waals surface area contributed by atoms with Crippen LogP contribution in [-0.2, 0) is 0 Å². The highest BCUT2D eigenvalue weighted by Crippen LogP contribution is 2.27. The second kappa shape index (κ2) is 3.39. The van der Waals surface area contributed by atoms with Crippen LogP contribution in [0.25, 0.3) is 6.08 Å². The van der Waals surface area contributed by atoms with E-state index in [1.165, 1.54) is 0 Å². The maximum absolute atomic E-state index is 4.22. The summed E-state index contributed by atoms with van der Waals surface area (Å²) in [6.45, 7) is 7.11. The van der Waals surface area contributed by atoms with E-state index in [9.17, 15) is 0 Å².